The van der Waals surface area contributed by atoms with Gasteiger partial charge in [-0.25, -0.2) is 0 Å². The van der Waals surface area contributed by atoms with Crippen molar-refractivity contribution in [1.29, 1.82) is 0 Å². The number of benzene rings is 1. The third-order valence-corrected chi connectivity index (χ3v) is 3.44. The highest BCUT2D eigenvalue weighted by Gasteiger charge is 2.18. The lowest BCUT2D eigenvalue weighted by atomic mass is 10.1. The quantitative estimate of drug-likeness (QED) is 0.908. The maximum Gasteiger partial charge on any atom is 0.227 e. The predicted molar refractivity (Wildman–Crippen MR) is 71.0 cm³/mol. The minimum atomic E-state index is 0.615. The van der Waals surface area contributed by atoms with Crippen LogP contribution in [0.3, 0.4) is 0 Å². The van der Waals surface area contributed by atoms with Crippen LogP contribution in [0.4, 0.5) is 0 Å². The SMILES string of the molecule is COc1ccc(-c2noc(CC3CCNC3)n2)cc1. The molecule has 2 heterocycles. The molecule has 1 aliphatic rings. The maximum atomic E-state index is 5.32. The standard InChI is InChI=1S/C14H17N3O2/c1-18-12-4-2-11(3-5-12)14-16-13(19-17-14)8-10-6-7-15-9-10/h2-5,10,15H,6-9H2,1H3. The van der Waals surface area contributed by atoms with Crippen LogP contribution in [-0.4, -0.2) is 30.3 Å². The largest absolute Gasteiger partial charge is 0.497 e. The predicted octanol–water partition coefficient (Wildman–Crippen LogP) is 1.90. The third kappa shape index (κ3) is 2.76. The summed E-state index contributed by atoms with van der Waals surface area (Å²) in [5.41, 5.74) is 0.945. The number of hydrogen-bond donors (Lipinski definition) is 1. The molecule has 1 unspecified atom stereocenters. The summed E-state index contributed by atoms with van der Waals surface area (Å²) < 4.78 is 10.4. The molecule has 1 aromatic carbocycles. The molecule has 1 saturated heterocycles. The van der Waals surface area contributed by atoms with E-state index < -0.39 is 0 Å². The summed E-state index contributed by atoms with van der Waals surface area (Å²) in [4.78, 5) is 4.45. The zero-order chi connectivity index (χ0) is 13.1. The van der Waals surface area contributed by atoms with Crippen molar-refractivity contribution in [2.24, 2.45) is 5.92 Å². The van der Waals surface area contributed by atoms with Gasteiger partial charge in [0.25, 0.3) is 0 Å². The Morgan fingerprint density at radius 2 is 2.21 bits per heavy atom. The van der Waals surface area contributed by atoms with E-state index in [1.54, 1.807) is 7.11 Å². The molecule has 0 bridgehead atoms. The van der Waals surface area contributed by atoms with Crippen molar-refractivity contribution in [2.45, 2.75) is 12.8 Å². The molecule has 1 atom stereocenters. The summed E-state index contributed by atoms with van der Waals surface area (Å²) in [7, 11) is 1.65. The van der Waals surface area contributed by atoms with Gasteiger partial charge in [-0.2, -0.15) is 4.98 Å². The van der Waals surface area contributed by atoms with E-state index in [1.807, 2.05) is 24.3 Å². The molecule has 3 rings (SSSR count). The molecule has 2 aromatic rings. The molecular weight excluding hydrogens is 242 g/mol. The van der Waals surface area contributed by atoms with Crippen molar-refractivity contribution in [3.05, 3.63) is 30.2 Å². The molecular formula is C14H17N3O2. The van der Waals surface area contributed by atoms with Crippen molar-refractivity contribution in [2.75, 3.05) is 20.2 Å². The van der Waals surface area contributed by atoms with Gasteiger partial charge in [-0.3, -0.25) is 0 Å². The van der Waals surface area contributed by atoms with E-state index in [4.69, 9.17) is 9.26 Å². The number of nitrogens with zero attached hydrogens (tertiary/aromatic N) is 2. The number of hydrogen-bond acceptors (Lipinski definition) is 5. The molecule has 5 nitrogen and oxygen atoms in total. The van der Waals surface area contributed by atoms with E-state index in [0.717, 1.165) is 36.7 Å². The van der Waals surface area contributed by atoms with Crippen LogP contribution < -0.4 is 10.1 Å². The number of rotatable bonds is 4. The smallest absolute Gasteiger partial charge is 0.227 e. The summed E-state index contributed by atoms with van der Waals surface area (Å²) >= 11 is 0. The first-order valence-electron chi connectivity index (χ1n) is 6.53. The van der Waals surface area contributed by atoms with Gasteiger partial charge >= 0.3 is 0 Å². The number of aromatic nitrogens is 2. The lowest BCUT2D eigenvalue weighted by Gasteiger charge is -2.02. The Labute approximate surface area is 112 Å². The van der Waals surface area contributed by atoms with Gasteiger partial charge in [0.1, 0.15) is 5.75 Å². The fourth-order valence-electron chi connectivity index (χ4n) is 2.33. The van der Waals surface area contributed by atoms with Gasteiger partial charge in [-0.1, -0.05) is 5.16 Å². The molecule has 1 aliphatic heterocycles. The van der Waals surface area contributed by atoms with Crippen LogP contribution in [0.5, 0.6) is 5.75 Å². The molecule has 0 radical (unpaired) electrons. The third-order valence-electron chi connectivity index (χ3n) is 3.44. The second kappa shape index (κ2) is 5.40. The Morgan fingerprint density at radius 1 is 1.37 bits per heavy atom. The van der Waals surface area contributed by atoms with E-state index >= 15 is 0 Å². The molecule has 0 aliphatic carbocycles. The molecule has 0 spiro atoms. The van der Waals surface area contributed by atoms with Crippen LogP contribution in [-0.2, 0) is 6.42 Å². The average molecular weight is 259 g/mol. The summed E-state index contributed by atoms with van der Waals surface area (Å²) in [5, 5.41) is 7.38. The monoisotopic (exact) mass is 259 g/mol. The highest BCUT2D eigenvalue weighted by Crippen LogP contribution is 2.21. The summed E-state index contributed by atoms with van der Waals surface area (Å²) in [5.74, 6) is 2.80. The Bertz CT molecular complexity index is 530. The van der Waals surface area contributed by atoms with Crippen molar-refractivity contribution >= 4 is 0 Å². The number of nitrogens with one attached hydrogen (secondary N) is 1. The molecule has 0 amide bonds. The maximum absolute atomic E-state index is 5.32. The number of ether oxygens (including phenoxy) is 1. The van der Waals surface area contributed by atoms with Crippen LogP contribution in [0, 0.1) is 5.92 Å². The van der Waals surface area contributed by atoms with E-state index in [0.29, 0.717) is 11.7 Å². The second-order valence-electron chi connectivity index (χ2n) is 4.80. The highest BCUT2D eigenvalue weighted by molar-refractivity contribution is 5.55. The summed E-state index contributed by atoms with van der Waals surface area (Å²) in [6.07, 6.45) is 2.04. The zero-order valence-electron chi connectivity index (χ0n) is 10.9. The van der Waals surface area contributed by atoms with Crippen molar-refractivity contribution < 1.29 is 9.26 Å². The van der Waals surface area contributed by atoms with Gasteiger partial charge in [0, 0.05) is 12.0 Å². The molecule has 5 heteroatoms. The fourth-order valence-corrected chi connectivity index (χ4v) is 2.33. The second-order valence-corrected chi connectivity index (χ2v) is 4.80. The van der Waals surface area contributed by atoms with Crippen LogP contribution in [0.1, 0.15) is 12.3 Å². The molecule has 100 valence electrons. The van der Waals surface area contributed by atoms with E-state index in [-0.39, 0.29) is 0 Å². The van der Waals surface area contributed by atoms with Crippen molar-refractivity contribution in [3.63, 3.8) is 0 Å². The van der Waals surface area contributed by atoms with Crippen molar-refractivity contribution in [3.8, 4) is 17.1 Å². The van der Waals surface area contributed by atoms with Crippen LogP contribution in [0.25, 0.3) is 11.4 Å². The minimum Gasteiger partial charge on any atom is -0.497 e. The Morgan fingerprint density at radius 3 is 2.89 bits per heavy atom. The molecule has 19 heavy (non-hydrogen) atoms. The lowest BCUT2D eigenvalue weighted by Crippen LogP contribution is -2.10. The lowest BCUT2D eigenvalue weighted by molar-refractivity contribution is 0.358. The van der Waals surface area contributed by atoms with Gasteiger partial charge in [0.05, 0.1) is 7.11 Å². The van der Waals surface area contributed by atoms with Gasteiger partial charge in [0.15, 0.2) is 0 Å². The summed E-state index contributed by atoms with van der Waals surface area (Å²) in [6, 6.07) is 7.66. The highest BCUT2D eigenvalue weighted by atomic mass is 16.5. The van der Waals surface area contributed by atoms with Crippen LogP contribution >= 0.6 is 0 Å². The molecule has 1 fully saturated rings. The first-order chi connectivity index (χ1) is 9.35. The van der Waals surface area contributed by atoms with Gasteiger partial charge in [0.2, 0.25) is 11.7 Å². The Hall–Kier alpha value is -1.88. The average Bonchev–Trinajstić information content (AvgIpc) is 3.11. The van der Waals surface area contributed by atoms with Crippen LogP contribution in [0.2, 0.25) is 0 Å². The topological polar surface area (TPSA) is 60.2 Å². The fraction of sp³-hybridized carbons (Fsp3) is 0.429. The van der Waals surface area contributed by atoms with Gasteiger partial charge < -0.3 is 14.6 Å². The molecule has 0 saturated carbocycles. The Balaban J connectivity index is 1.72. The van der Waals surface area contributed by atoms with Crippen molar-refractivity contribution in [1.82, 2.24) is 15.5 Å². The summed E-state index contributed by atoms with van der Waals surface area (Å²) in [6.45, 7) is 2.13. The van der Waals surface area contributed by atoms with E-state index in [2.05, 4.69) is 15.5 Å². The number of methoxy groups -OCH3 is 1. The van der Waals surface area contributed by atoms with Crippen LogP contribution in [0.15, 0.2) is 28.8 Å². The first kappa shape index (κ1) is 12.2. The van der Waals surface area contributed by atoms with Gasteiger partial charge in [-0.05, 0) is 49.7 Å². The molecule has 1 N–H and O–H groups in total. The van der Waals surface area contributed by atoms with E-state index in [1.165, 1.54) is 6.42 Å². The van der Waals surface area contributed by atoms with E-state index in [9.17, 15) is 0 Å². The molecule has 1 aromatic heterocycles. The van der Waals surface area contributed by atoms with Gasteiger partial charge in [-0.15, -0.1) is 0 Å². The minimum absolute atomic E-state index is 0.615. The zero-order valence-corrected chi connectivity index (χ0v) is 10.9. The normalized spacial score (nSPS) is 18.7. The first-order valence-corrected chi connectivity index (χ1v) is 6.53. The Kier molecular flexibility index (Phi) is 3.46.